The van der Waals surface area contributed by atoms with Crippen LogP contribution in [0.25, 0.3) is 0 Å². The standard InChI is InChI=1S/C11H18N2S/c1-8(2)5-10(12-4)6-11-7-14-9(3)13-11/h7,10,12H,1,5-6H2,2-4H3. The van der Waals surface area contributed by atoms with Crippen molar-refractivity contribution < 1.29 is 0 Å². The van der Waals surface area contributed by atoms with Crippen molar-refractivity contribution >= 4 is 11.3 Å². The third kappa shape index (κ3) is 3.60. The maximum atomic E-state index is 4.45. The van der Waals surface area contributed by atoms with Crippen LogP contribution in [0.3, 0.4) is 0 Å². The normalized spacial score (nSPS) is 12.8. The Kier molecular flexibility index (Phi) is 4.29. The summed E-state index contributed by atoms with van der Waals surface area (Å²) in [6.45, 7) is 8.04. The van der Waals surface area contributed by atoms with Gasteiger partial charge in [0.05, 0.1) is 10.7 Å². The van der Waals surface area contributed by atoms with Crippen LogP contribution in [0.2, 0.25) is 0 Å². The second-order valence-corrected chi connectivity index (χ2v) is 4.77. The van der Waals surface area contributed by atoms with Gasteiger partial charge in [-0.2, -0.15) is 0 Å². The van der Waals surface area contributed by atoms with Gasteiger partial charge in [-0.1, -0.05) is 5.57 Å². The maximum Gasteiger partial charge on any atom is 0.0897 e. The van der Waals surface area contributed by atoms with E-state index in [1.165, 1.54) is 11.3 Å². The molecule has 0 amide bonds. The molecule has 0 fully saturated rings. The molecule has 0 saturated heterocycles. The molecule has 0 aromatic carbocycles. The second-order valence-electron chi connectivity index (χ2n) is 3.71. The van der Waals surface area contributed by atoms with E-state index in [0.29, 0.717) is 6.04 Å². The van der Waals surface area contributed by atoms with Crippen molar-refractivity contribution in [1.29, 1.82) is 0 Å². The number of likely N-dealkylation sites (N-methyl/N-ethyl adjacent to an activating group) is 1. The van der Waals surface area contributed by atoms with Gasteiger partial charge in [0.2, 0.25) is 0 Å². The number of aromatic nitrogens is 1. The minimum atomic E-state index is 0.467. The predicted octanol–water partition coefficient (Wildman–Crippen LogP) is 2.55. The van der Waals surface area contributed by atoms with Crippen LogP contribution in [-0.4, -0.2) is 18.1 Å². The van der Waals surface area contributed by atoms with E-state index in [0.717, 1.165) is 17.8 Å². The van der Waals surface area contributed by atoms with Gasteiger partial charge in [0.15, 0.2) is 0 Å². The highest BCUT2D eigenvalue weighted by molar-refractivity contribution is 7.09. The van der Waals surface area contributed by atoms with Crippen molar-refractivity contribution in [2.24, 2.45) is 0 Å². The molecule has 14 heavy (non-hydrogen) atoms. The van der Waals surface area contributed by atoms with Gasteiger partial charge in [0.25, 0.3) is 0 Å². The average Bonchev–Trinajstić information content (AvgIpc) is 2.49. The SMILES string of the molecule is C=C(C)CC(Cc1csc(C)n1)NC. The summed E-state index contributed by atoms with van der Waals surface area (Å²) in [5.74, 6) is 0. The molecular formula is C11H18N2S. The molecule has 1 aromatic heterocycles. The molecule has 2 nitrogen and oxygen atoms in total. The van der Waals surface area contributed by atoms with Crippen LogP contribution in [0, 0.1) is 6.92 Å². The van der Waals surface area contributed by atoms with E-state index in [9.17, 15) is 0 Å². The van der Waals surface area contributed by atoms with E-state index in [4.69, 9.17) is 0 Å². The summed E-state index contributed by atoms with van der Waals surface area (Å²) in [5.41, 5.74) is 2.41. The van der Waals surface area contributed by atoms with Gasteiger partial charge in [0, 0.05) is 17.8 Å². The quantitative estimate of drug-likeness (QED) is 0.755. The Hall–Kier alpha value is -0.670. The van der Waals surface area contributed by atoms with Crippen LogP contribution in [0.5, 0.6) is 0 Å². The first-order valence-corrected chi connectivity index (χ1v) is 5.72. The van der Waals surface area contributed by atoms with E-state index in [-0.39, 0.29) is 0 Å². The molecule has 0 spiro atoms. The van der Waals surface area contributed by atoms with E-state index in [1.54, 1.807) is 11.3 Å². The predicted molar refractivity (Wildman–Crippen MR) is 62.8 cm³/mol. The lowest BCUT2D eigenvalue weighted by molar-refractivity contribution is 0.549. The Morgan fingerprint density at radius 1 is 1.71 bits per heavy atom. The number of nitrogens with zero attached hydrogens (tertiary/aromatic N) is 1. The number of rotatable bonds is 5. The highest BCUT2D eigenvalue weighted by atomic mass is 32.1. The number of nitrogens with one attached hydrogen (secondary N) is 1. The fourth-order valence-electron chi connectivity index (χ4n) is 1.45. The van der Waals surface area contributed by atoms with Gasteiger partial charge in [-0.25, -0.2) is 4.98 Å². The topological polar surface area (TPSA) is 24.9 Å². The van der Waals surface area contributed by atoms with Gasteiger partial charge in [-0.3, -0.25) is 0 Å². The third-order valence-electron chi connectivity index (χ3n) is 2.13. The van der Waals surface area contributed by atoms with Gasteiger partial charge in [-0.15, -0.1) is 17.9 Å². The van der Waals surface area contributed by atoms with Crippen molar-refractivity contribution in [3.63, 3.8) is 0 Å². The van der Waals surface area contributed by atoms with Crippen molar-refractivity contribution in [2.75, 3.05) is 7.05 Å². The lowest BCUT2D eigenvalue weighted by atomic mass is 10.0. The van der Waals surface area contributed by atoms with Crippen molar-refractivity contribution in [3.05, 3.63) is 28.2 Å². The molecule has 1 N–H and O–H groups in total. The first kappa shape index (κ1) is 11.4. The Morgan fingerprint density at radius 2 is 2.43 bits per heavy atom. The minimum Gasteiger partial charge on any atom is -0.316 e. The number of hydrogen-bond acceptors (Lipinski definition) is 3. The molecule has 78 valence electrons. The van der Waals surface area contributed by atoms with Crippen molar-refractivity contribution in [1.82, 2.24) is 10.3 Å². The van der Waals surface area contributed by atoms with Crippen LogP contribution in [0.1, 0.15) is 24.0 Å². The van der Waals surface area contributed by atoms with E-state index in [2.05, 4.69) is 29.2 Å². The van der Waals surface area contributed by atoms with Crippen LogP contribution >= 0.6 is 11.3 Å². The summed E-state index contributed by atoms with van der Waals surface area (Å²) in [6.07, 6.45) is 2.01. The fourth-order valence-corrected chi connectivity index (χ4v) is 2.08. The highest BCUT2D eigenvalue weighted by Gasteiger charge is 2.09. The molecule has 0 bridgehead atoms. The maximum absolute atomic E-state index is 4.45. The first-order chi connectivity index (χ1) is 6.61. The summed E-state index contributed by atoms with van der Waals surface area (Å²) in [7, 11) is 1.99. The lowest BCUT2D eigenvalue weighted by Crippen LogP contribution is -2.27. The van der Waals surface area contributed by atoms with Gasteiger partial charge in [-0.05, 0) is 27.3 Å². The smallest absolute Gasteiger partial charge is 0.0897 e. The number of aryl methyl sites for hydroxylation is 1. The zero-order chi connectivity index (χ0) is 10.6. The summed E-state index contributed by atoms with van der Waals surface area (Å²) in [5, 5.41) is 6.58. The summed E-state index contributed by atoms with van der Waals surface area (Å²) < 4.78 is 0. The molecule has 1 heterocycles. The van der Waals surface area contributed by atoms with Crippen molar-refractivity contribution in [2.45, 2.75) is 32.7 Å². The molecule has 1 rings (SSSR count). The second kappa shape index (κ2) is 5.27. The lowest BCUT2D eigenvalue weighted by Gasteiger charge is -2.14. The molecule has 0 aliphatic rings. The highest BCUT2D eigenvalue weighted by Crippen LogP contribution is 2.12. The molecule has 0 aliphatic heterocycles. The molecule has 0 radical (unpaired) electrons. The van der Waals surface area contributed by atoms with Crippen LogP contribution in [0.4, 0.5) is 0 Å². The molecule has 1 atom stereocenters. The Balaban J connectivity index is 2.52. The van der Waals surface area contributed by atoms with Crippen LogP contribution < -0.4 is 5.32 Å². The first-order valence-electron chi connectivity index (χ1n) is 4.84. The zero-order valence-electron chi connectivity index (χ0n) is 9.13. The Labute approximate surface area is 90.1 Å². The Bertz CT molecular complexity index is 304. The zero-order valence-corrected chi connectivity index (χ0v) is 9.95. The summed E-state index contributed by atoms with van der Waals surface area (Å²) in [4.78, 5) is 4.45. The average molecular weight is 210 g/mol. The summed E-state index contributed by atoms with van der Waals surface area (Å²) >= 11 is 1.71. The van der Waals surface area contributed by atoms with E-state index >= 15 is 0 Å². The molecule has 0 aliphatic carbocycles. The van der Waals surface area contributed by atoms with Crippen molar-refractivity contribution in [3.8, 4) is 0 Å². The minimum absolute atomic E-state index is 0.467. The number of hydrogen-bond donors (Lipinski definition) is 1. The number of thiazole rings is 1. The Morgan fingerprint density at radius 3 is 2.86 bits per heavy atom. The van der Waals surface area contributed by atoms with Crippen LogP contribution in [0.15, 0.2) is 17.5 Å². The van der Waals surface area contributed by atoms with Gasteiger partial charge >= 0.3 is 0 Å². The largest absolute Gasteiger partial charge is 0.316 e. The fraction of sp³-hybridized carbons (Fsp3) is 0.545. The molecule has 1 aromatic rings. The van der Waals surface area contributed by atoms with Crippen LogP contribution in [-0.2, 0) is 6.42 Å². The third-order valence-corrected chi connectivity index (χ3v) is 2.95. The molecular weight excluding hydrogens is 192 g/mol. The monoisotopic (exact) mass is 210 g/mol. The van der Waals surface area contributed by atoms with Gasteiger partial charge < -0.3 is 5.32 Å². The van der Waals surface area contributed by atoms with E-state index in [1.807, 2.05) is 14.0 Å². The molecule has 0 saturated carbocycles. The van der Waals surface area contributed by atoms with E-state index < -0.39 is 0 Å². The molecule has 3 heteroatoms. The van der Waals surface area contributed by atoms with Gasteiger partial charge in [0.1, 0.15) is 0 Å². The summed E-state index contributed by atoms with van der Waals surface area (Å²) in [6, 6.07) is 0.467. The molecule has 1 unspecified atom stereocenters.